The lowest BCUT2D eigenvalue weighted by atomic mass is 10.1. The molecule has 2 aromatic heterocycles. The third kappa shape index (κ3) is 5.14. The number of carbonyl (C=O) groups excluding carboxylic acids is 1. The molecule has 30 heavy (non-hydrogen) atoms. The van der Waals surface area contributed by atoms with Gasteiger partial charge in [-0.05, 0) is 25.5 Å². The molecule has 1 amide bonds. The molecular weight excluding hydrogens is 386 g/mol. The minimum Gasteiger partial charge on any atom is -0.382 e. The second kappa shape index (κ2) is 9.68. The number of amides is 1. The molecule has 1 aliphatic rings. The van der Waals surface area contributed by atoms with Crippen LogP contribution < -0.4 is 21.9 Å². The van der Waals surface area contributed by atoms with Crippen LogP contribution in [-0.4, -0.2) is 64.7 Å². The fourth-order valence-electron chi connectivity index (χ4n) is 3.35. The van der Waals surface area contributed by atoms with Gasteiger partial charge >= 0.3 is 0 Å². The number of aryl methyl sites for hydroxylation is 2. The first-order valence-electron chi connectivity index (χ1n) is 10.00. The molecule has 0 aromatic carbocycles. The molecule has 2 aromatic rings. The van der Waals surface area contributed by atoms with Crippen molar-refractivity contribution in [2.24, 2.45) is 0 Å². The zero-order chi connectivity index (χ0) is 21.7. The number of carbonyl (C=O) groups is 1. The molecule has 0 aliphatic carbocycles. The van der Waals surface area contributed by atoms with Gasteiger partial charge in [-0.1, -0.05) is 0 Å². The van der Waals surface area contributed by atoms with E-state index in [4.69, 9.17) is 10.5 Å². The van der Waals surface area contributed by atoms with Crippen LogP contribution >= 0.6 is 0 Å². The van der Waals surface area contributed by atoms with Crippen LogP contribution in [0.5, 0.6) is 0 Å². The average molecular weight is 415 g/mol. The lowest BCUT2D eigenvalue weighted by Crippen LogP contribution is -2.39. The predicted octanol–water partition coefficient (Wildman–Crippen LogP) is 0.207. The largest absolute Gasteiger partial charge is 0.382 e. The van der Waals surface area contributed by atoms with Crippen LogP contribution in [-0.2, 0) is 16.1 Å². The molecule has 10 nitrogen and oxygen atoms in total. The number of morpholine rings is 1. The molecule has 0 bridgehead atoms. The molecule has 1 aliphatic heterocycles. The summed E-state index contributed by atoms with van der Waals surface area (Å²) in [5, 5.41) is 5.89. The number of nitrogens with two attached hydrogens (primary N) is 1. The van der Waals surface area contributed by atoms with E-state index in [2.05, 4.69) is 25.5 Å². The molecule has 10 heteroatoms. The zero-order valence-corrected chi connectivity index (χ0v) is 17.7. The Morgan fingerprint density at radius 2 is 2.03 bits per heavy atom. The maximum atomic E-state index is 13.1. The minimum absolute atomic E-state index is 0.142. The molecule has 0 radical (unpaired) electrons. The van der Waals surface area contributed by atoms with E-state index in [0.29, 0.717) is 30.2 Å². The SMILES string of the molecule is CC(=O)NCc1cc(-n2c(C)cnc(NCCN3CCOCC3)c2=O)c(N)nc1C. The maximum Gasteiger partial charge on any atom is 0.298 e. The Bertz CT molecular complexity index is 968. The molecular formula is C20H29N7O3. The quantitative estimate of drug-likeness (QED) is 0.586. The first-order chi connectivity index (χ1) is 14.4. The Kier molecular flexibility index (Phi) is 7.01. The van der Waals surface area contributed by atoms with E-state index in [1.54, 1.807) is 19.2 Å². The standard InChI is InChI=1S/C20H29N7O3/c1-13-11-24-19(22-4-5-26-6-8-30-9-7-26)20(29)27(13)17-10-16(12-23-15(3)28)14(2)25-18(17)21/h10-11H,4-9,12H2,1-3H3,(H2,21,25)(H,22,24)(H,23,28). The van der Waals surface area contributed by atoms with Crippen LogP contribution in [0.15, 0.2) is 17.1 Å². The Balaban J connectivity index is 1.84. The highest BCUT2D eigenvalue weighted by atomic mass is 16.5. The van der Waals surface area contributed by atoms with E-state index >= 15 is 0 Å². The lowest BCUT2D eigenvalue weighted by Gasteiger charge is -2.26. The predicted molar refractivity (Wildman–Crippen MR) is 115 cm³/mol. The number of aromatic nitrogens is 3. The Morgan fingerprint density at radius 3 is 2.73 bits per heavy atom. The number of hydrogen-bond acceptors (Lipinski definition) is 8. The zero-order valence-electron chi connectivity index (χ0n) is 17.7. The maximum absolute atomic E-state index is 13.1. The van der Waals surface area contributed by atoms with Crippen molar-refractivity contribution in [3.8, 4) is 5.69 Å². The highest BCUT2D eigenvalue weighted by molar-refractivity contribution is 5.73. The van der Waals surface area contributed by atoms with Crippen LogP contribution in [0, 0.1) is 13.8 Å². The van der Waals surface area contributed by atoms with Crippen LogP contribution in [0.1, 0.15) is 23.9 Å². The second-order valence-corrected chi connectivity index (χ2v) is 7.32. The minimum atomic E-state index is -0.292. The van der Waals surface area contributed by atoms with Crippen molar-refractivity contribution in [1.82, 2.24) is 24.8 Å². The third-order valence-corrected chi connectivity index (χ3v) is 5.06. The molecule has 0 unspecified atom stereocenters. The fraction of sp³-hybridized carbons (Fsp3) is 0.500. The van der Waals surface area contributed by atoms with E-state index in [0.717, 1.165) is 38.4 Å². The Hall–Kier alpha value is -2.98. The van der Waals surface area contributed by atoms with Gasteiger partial charge in [-0.25, -0.2) is 9.97 Å². The van der Waals surface area contributed by atoms with Crippen molar-refractivity contribution in [3.63, 3.8) is 0 Å². The first kappa shape index (κ1) is 21.7. The number of ether oxygens (including phenoxy) is 1. The number of rotatable bonds is 7. The van der Waals surface area contributed by atoms with Crippen molar-refractivity contribution in [2.75, 3.05) is 50.4 Å². The molecule has 0 atom stereocenters. The first-order valence-corrected chi connectivity index (χ1v) is 10.00. The molecule has 3 heterocycles. The van der Waals surface area contributed by atoms with Crippen LogP contribution in [0.2, 0.25) is 0 Å². The summed E-state index contributed by atoms with van der Waals surface area (Å²) in [5.41, 5.74) is 8.46. The van der Waals surface area contributed by atoms with Gasteiger partial charge in [-0.3, -0.25) is 19.1 Å². The van der Waals surface area contributed by atoms with E-state index in [1.165, 1.54) is 11.5 Å². The van der Waals surface area contributed by atoms with E-state index in [-0.39, 0.29) is 23.1 Å². The molecule has 0 saturated carbocycles. The average Bonchev–Trinajstić information content (AvgIpc) is 2.71. The van der Waals surface area contributed by atoms with Crippen molar-refractivity contribution in [2.45, 2.75) is 27.3 Å². The van der Waals surface area contributed by atoms with Crippen LogP contribution in [0.25, 0.3) is 5.69 Å². The van der Waals surface area contributed by atoms with Crippen molar-refractivity contribution < 1.29 is 9.53 Å². The van der Waals surface area contributed by atoms with Gasteiger partial charge in [0.25, 0.3) is 5.56 Å². The topological polar surface area (TPSA) is 127 Å². The number of nitrogens with one attached hydrogen (secondary N) is 2. The molecule has 1 fully saturated rings. The van der Waals surface area contributed by atoms with E-state index < -0.39 is 0 Å². The summed E-state index contributed by atoms with van der Waals surface area (Å²) in [4.78, 5) is 35.3. The normalized spacial score (nSPS) is 14.5. The van der Waals surface area contributed by atoms with E-state index in [1.807, 2.05) is 6.92 Å². The van der Waals surface area contributed by atoms with Gasteiger partial charge in [0.05, 0.1) is 18.9 Å². The summed E-state index contributed by atoms with van der Waals surface area (Å²) in [6.07, 6.45) is 1.63. The number of anilines is 2. The Labute approximate surface area is 175 Å². The number of pyridine rings is 1. The molecule has 1 saturated heterocycles. The van der Waals surface area contributed by atoms with Crippen molar-refractivity contribution >= 4 is 17.5 Å². The van der Waals surface area contributed by atoms with Gasteiger partial charge in [0.15, 0.2) is 5.82 Å². The van der Waals surface area contributed by atoms with Gasteiger partial charge in [0.1, 0.15) is 5.82 Å². The molecule has 0 spiro atoms. The van der Waals surface area contributed by atoms with Crippen molar-refractivity contribution in [1.29, 1.82) is 0 Å². The van der Waals surface area contributed by atoms with Gasteiger partial charge < -0.3 is 21.1 Å². The number of hydrogen-bond donors (Lipinski definition) is 3. The van der Waals surface area contributed by atoms with Gasteiger partial charge in [0.2, 0.25) is 5.91 Å². The summed E-state index contributed by atoms with van der Waals surface area (Å²) in [6, 6.07) is 1.79. The molecule has 162 valence electrons. The summed E-state index contributed by atoms with van der Waals surface area (Å²) >= 11 is 0. The summed E-state index contributed by atoms with van der Waals surface area (Å²) < 4.78 is 6.86. The molecule has 3 rings (SSSR count). The van der Waals surface area contributed by atoms with Crippen LogP contribution in [0.4, 0.5) is 11.6 Å². The Morgan fingerprint density at radius 1 is 1.30 bits per heavy atom. The summed E-state index contributed by atoms with van der Waals surface area (Å²) in [5.74, 6) is 0.365. The molecule has 4 N–H and O–H groups in total. The monoisotopic (exact) mass is 415 g/mol. The highest BCUT2D eigenvalue weighted by Gasteiger charge is 2.16. The smallest absolute Gasteiger partial charge is 0.298 e. The summed E-state index contributed by atoms with van der Waals surface area (Å²) in [6.45, 7) is 10.0. The lowest BCUT2D eigenvalue weighted by molar-refractivity contribution is -0.119. The van der Waals surface area contributed by atoms with Gasteiger partial charge in [-0.15, -0.1) is 0 Å². The third-order valence-electron chi connectivity index (χ3n) is 5.06. The van der Waals surface area contributed by atoms with Crippen LogP contribution in [0.3, 0.4) is 0 Å². The van der Waals surface area contributed by atoms with Crippen molar-refractivity contribution in [3.05, 3.63) is 39.6 Å². The second-order valence-electron chi connectivity index (χ2n) is 7.32. The summed E-state index contributed by atoms with van der Waals surface area (Å²) in [7, 11) is 0. The number of nitrogens with zero attached hydrogens (tertiary/aromatic N) is 4. The van der Waals surface area contributed by atoms with Gasteiger partial charge in [0, 0.05) is 57.2 Å². The van der Waals surface area contributed by atoms with E-state index in [9.17, 15) is 9.59 Å². The fourth-order valence-corrected chi connectivity index (χ4v) is 3.35. The highest BCUT2D eigenvalue weighted by Crippen LogP contribution is 2.20. The number of nitrogen functional groups attached to an aromatic ring is 1. The van der Waals surface area contributed by atoms with Gasteiger partial charge in [-0.2, -0.15) is 0 Å².